The standard InChI is InChI=1S/C25H20N2O5/c28-24(27-21-12-4-5-13-22(21)32-19-9-2-1-3-10-19)17-31-20-11-6-8-18(16-20)26-25(29)23-14-7-15-30-23/h1-16H,17H2,(H,26,29)(H,27,28). The third kappa shape index (κ3) is 5.54. The first-order valence-corrected chi connectivity index (χ1v) is 9.87. The van der Waals surface area contributed by atoms with Crippen molar-refractivity contribution in [2.75, 3.05) is 17.2 Å². The summed E-state index contributed by atoms with van der Waals surface area (Å²) in [6, 6.07) is 26.4. The van der Waals surface area contributed by atoms with E-state index >= 15 is 0 Å². The number of ether oxygens (including phenoxy) is 2. The van der Waals surface area contributed by atoms with E-state index < -0.39 is 0 Å². The molecule has 0 unspecified atom stereocenters. The van der Waals surface area contributed by atoms with Crippen LogP contribution in [0.25, 0.3) is 0 Å². The normalized spacial score (nSPS) is 10.2. The monoisotopic (exact) mass is 428 g/mol. The van der Waals surface area contributed by atoms with E-state index in [2.05, 4.69) is 10.6 Å². The largest absolute Gasteiger partial charge is 0.484 e. The molecule has 0 saturated carbocycles. The van der Waals surface area contributed by atoms with Gasteiger partial charge in [-0.3, -0.25) is 9.59 Å². The van der Waals surface area contributed by atoms with Crippen LogP contribution in [0.15, 0.2) is 102 Å². The fourth-order valence-corrected chi connectivity index (χ4v) is 2.87. The van der Waals surface area contributed by atoms with Gasteiger partial charge in [0.15, 0.2) is 18.1 Å². The Kier molecular flexibility index (Phi) is 6.48. The molecule has 0 saturated heterocycles. The second-order valence-corrected chi connectivity index (χ2v) is 6.71. The number of nitrogens with one attached hydrogen (secondary N) is 2. The highest BCUT2D eigenvalue weighted by Gasteiger charge is 2.11. The molecule has 1 heterocycles. The van der Waals surface area contributed by atoms with Gasteiger partial charge in [-0.15, -0.1) is 0 Å². The maximum Gasteiger partial charge on any atom is 0.291 e. The summed E-state index contributed by atoms with van der Waals surface area (Å²) in [7, 11) is 0. The number of para-hydroxylation sites is 3. The number of anilines is 2. The van der Waals surface area contributed by atoms with Gasteiger partial charge in [-0.25, -0.2) is 0 Å². The van der Waals surface area contributed by atoms with E-state index in [1.54, 1.807) is 54.6 Å². The van der Waals surface area contributed by atoms with Gasteiger partial charge in [0, 0.05) is 11.8 Å². The van der Waals surface area contributed by atoms with Gasteiger partial charge in [-0.05, 0) is 48.5 Å². The highest BCUT2D eigenvalue weighted by molar-refractivity contribution is 6.02. The molecule has 4 rings (SSSR count). The number of hydrogen-bond donors (Lipinski definition) is 2. The Labute approximate surface area is 184 Å². The zero-order valence-electron chi connectivity index (χ0n) is 17.0. The summed E-state index contributed by atoms with van der Waals surface area (Å²) >= 11 is 0. The number of carbonyl (C=O) groups is 2. The Morgan fingerprint density at radius 2 is 1.56 bits per heavy atom. The van der Waals surface area contributed by atoms with Crippen LogP contribution < -0.4 is 20.1 Å². The summed E-state index contributed by atoms with van der Waals surface area (Å²) in [6.07, 6.45) is 1.43. The van der Waals surface area contributed by atoms with E-state index in [-0.39, 0.29) is 24.2 Å². The molecule has 2 amide bonds. The maximum atomic E-state index is 12.4. The van der Waals surface area contributed by atoms with Crippen molar-refractivity contribution in [3.05, 3.63) is 103 Å². The molecule has 0 bridgehead atoms. The van der Waals surface area contributed by atoms with Crippen LogP contribution in [0.3, 0.4) is 0 Å². The Hall–Kier alpha value is -4.52. The molecule has 0 radical (unpaired) electrons. The fraction of sp³-hybridized carbons (Fsp3) is 0.0400. The lowest BCUT2D eigenvalue weighted by molar-refractivity contribution is -0.118. The zero-order chi connectivity index (χ0) is 22.2. The smallest absolute Gasteiger partial charge is 0.291 e. The van der Waals surface area contributed by atoms with Gasteiger partial charge in [0.25, 0.3) is 11.8 Å². The van der Waals surface area contributed by atoms with Crippen LogP contribution in [0, 0.1) is 0 Å². The molecule has 0 atom stereocenters. The molecule has 160 valence electrons. The van der Waals surface area contributed by atoms with E-state index in [0.29, 0.717) is 28.6 Å². The zero-order valence-corrected chi connectivity index (χ0v) is 17.0. The molecule has 0 fully saturated rings. The second-order valence-electron chi connectivity index (χ2n) is 6.71. The van der Waals surface area contributed by atoms with E-state index in [4.69, 9.17) is 13.9 Å². The van der Waals surface area contributed by atoms with Crippen LogP contribution in [-0.2, 0) is 4.79 Å². The summed E-state index contributed by atoms with van der Waals surface area (Å²) in [5.41, 5.74) is 1.05. The summed E-state index contributed by atoms with van der Waals surface area (Å²) < 4.78 is 16.5. The third-order valence-corrected chi connectivity index (χ3v) is 4.34. The molecule has 0 spiro atoms. The highest BCUT2D eigenvalue weighted by Crippen LogP contribution is 2.29. The first-order chi connectivity index (χ1) is 15.7. The summed E-state index contributed by atoms with van der Waals surface area (Å²) in [5.74, 6) is 1.10. The Morgan fingerprint density at radius 1 is 0.781 bits per heavy atom. The van der Waals surface area contributed by atoms with E-state index in [9.17, 15) is 9.59 Å². The summed E-state index contributed by atoms with van der Waals surface area (Å²) in [6.45, 7) is -0.213. The van der Waals surface area contributed by atoms with Gasteiger partial charge in [0.1, 0.15) is 11.5 Å². The molecule has 32 heavy (non-hydrogen) atoms. The molecule has 3 aromatic carbocycles. The molecular formula is C25H20N2O5. The van der Waals surface area contributed by atoms with Gasteiger partial charge in [-0.1, -0.05) is 36.4 Å². The number of rotatable bonds is 8. The number of amides is 2. The first-order valence-electron chi connectivity index (χ1n) is 9.87. The average molecular weight is 428 g/mol. The lowest BCUT2D eigenvalue weighted by Crippen LogP contribution is -2.20. The van der Waals surface area contributed by atoms with Gasteiger partial charge in [0.05, 0.1) is 12.0 Å². The Bertz CT molecular complexity index is 1190. The maximum absolute atomic E-state index is 12.4. The fourth-order valence-electron chi connectivity index (χ4n) is 2.87. The van der Waals surface area contributed by atoms with Gasteiger partial charge in [0.2, 0.25) is 0 Å². The van der Waals surface area contributed by atoms with Crippen molar-refractivity contribution < 1.29 is 23.5 Å². The Balaban J connectivity index is 1.34. The predicted molar refractivity (Wildman–Crippen MR) is 120 cm³/mol. The van der Waals surface area contributed by atoms with Crippen LogP contribution in [0.4, 0.5) is 11.4 Å². The highest BCUT2D eigenvalue weighted by atomic mass is 16.5. The predicted octanol–water partition coefficient (Wildman–Crippen LogP) is 5.34. The number of furan rings is 1. The third-order valence-electron chi connectivity index (χ3n) is 4.34. The van der Waals surface area contributed by atoms with Crippen LogP contribution in [0.1, 0.15) is 10.6 Å². The van der Waals surface area contributed by atoms with E-state index in [0.717, 1.165) is 0 Å². The van der Waals surface area contributed by atoms with E-state index in [1.165, 1.54) is 6.26 Å². The van der Waals surface area contributed by atoms with Crippen molar-refractivity contribution in [1.82, 2.24) is 0 Å². The number of benzene rings is 3. The van der Waals surface area contributed by atoms with Crippen LogP contribution in [0.2, 0.25) is 0 Å². The van der Waals surface area contributed by atoms with Gasteiger partial charge in [-0.2, -0.15) is 0 Å². The first kappa shape index (κ1) is 20.7. The summed E-state index contributed by atoms with van der Waals surface area (Å²) in [4.78, 5) is 24.5. The minimum Gasteiger partial charge on any atom is -0.484 e. The van der Waals surface area contributed by atoms with Crippen molar-refractivity contribution in [3.8, 4) is 17.2 Å². The quantitative estimate of drug-likeness (QED) is 0.395. The molecule has 0 aliphatic carbocycles. The van der Waals surface area contributed by atoms with Crippen molar-refractivity contribution in [2.45, 2.75) is 0 Å². The summed E-state index contributed by atoms with van der Waals surface area (Å²) in [5, 5.41) is 5.51. The molecule has 7 heteroatoms. The van der Waals surface area contributed by atoms with Crippen molar-refractivity contribution >= 4 is 23.2 Å². The topological polar surface area (TPSA) is 89.8 Å². The van der Waals surface area contributed by atoms with Crippen LogP contribution in [-0.4, -0.2) is 18.4 Å². The van der Waals surface area contributed by atoms with Crippen molar-refractivity contribution in [2.24, 2.45) is 0 Å². The lowest BCUT2D eigenvalue weighted by Gasteiger charge is -2.13. The SMILES string of the molecule is O=C(COc1cccc(NC(=O)c2ccco2)c1)Nc1ccccc1Oc1ccccc1. The van der Waals surface area contributed by atoms with E-state index in [1.807, 2.05) is 36.4 Å². The molecule has 4 aromatic rings. The van der Waals surface area contributed by atoms with Crippen LogP contribution in [0.5, 0.6) is 17.2 Å². The van der Waals surface area contributed by atoms with Crippen molar-refractivity contribution in [1.29, 1.82) is 0 Å². The van der Waals surface area contributed by atoms with Crippen LogP contribution >= 0.6 is 0 Å². The van der Waals surface area contributed by atoms with Crippen molar-refractivity contribution in [3.63, 3.8) is 0 Å². The average Bonchev–Trinajstić information content (AvgIpc) is 3.35. The molecule has 0 aliphatic heterocycles. The molecule has 2 N–H and O–H groups in total. The molecular weight excluding hydrogens is 408 g/mol. The molecule has 7 nitrogen and oxygen atoms in total. The van der Waals surface area contributed by atoms with Gasteiger partial charge < -0.3 is 24.5 Å². The molecule has 1 aromatic heterocycles. The molecule has 0 aliphatic rings. The second kappa shape index (κ2) is 9.99. The number of carbonyl (C=O) groups excluding carboxylic acids is 2. The number of hydrogen-bond acceptors (Lipinski definition) is 5. The van der Waals surface area contributed by atoms with Gasteiger partial charge >= 0.3 is 0 Å². The Morgan fingerprint density at radius 3 is 2.38 bits per heavy atom. The minimum absolute atomic E-state index is 0.201. The lowest BCUT2D eigenvalue weighted by atomic mass is 10.2. The minimum atomic E-state index is -0.375.